The summed E-state index contributed by atoms with van der Waals surface area (Å²) in [5, 5.41) is 0. The third-order valence-electron chi connectivity index (χ3n) is 4.00. The number of carbonyl (C=O) groups excluding carboxylic acids is 1. The highest BCUT2D eigenvalue weighted by molar-refractivity contribution is 7.89. The smallest absolute Gasteiger partial charge is 0.338 e. The molecule has 0 spiro atoms. The van der Waals surface area contributed by atoms with Gasteiger partial charge in [-0.3, -0.25) is 0 Å². The van der Waals surface area contributed by atoms with Crippen LogP contribution in [0.5, 0.6) is 5.75 Å². The van der Waals surface area contributed by atoms with E-state index in [0.29, 0.717) is 11.3 Å². The molecule has 0 amide bonds. The number of hydrogen-bond donors (Lipinski definition) is 0. The number of benzene rings is 2. The third kappa shape index (κ3) is 4.23. The van der Waals surface area contributed by atoms with Gasteiger partial charge in [0.25, 0.3) is 0 Å². The van der Waals surface area contributed by atoms with Gasteiger partial charge >= 0.3 is 5.97 Å². The van der Waals surface area contributed by atoms with Gasteiger partial charge in [0.05, 0.1) is 17.6 Å². The maximum absolute atomic E-state index is 12.5. The molecule has 0 unspecified atom stereocenters. The first-order valence-electron chi connectivity index (χ1n) is 8.00. The lowest BCUT2D eigenvalue weighted by Gasteiger charge is -2.14. The maximum Gasteiger partial charge on any atom is 0.338 e. The standard InChI is InChI=1S/C19H23NO5S/c1-13-6-9-18(24-5)15(10-13)12-25-19(21)17-11-16(8-7-14(17)2)26(22,23)20(3)4/h6-11H,12H2,1-5H3. The number of aryl methyl sites for hydroxylation is 2. The van der Waals surface area contributed by atoms with E-state index in [1.165, 1.54) is 26.2 Å². The van der Waals surface area contributed by atoms with Gasteiger partial charge in [-0.1, -0.05) is 17.7 Å². The molecule has 0 radical (unpaired) electrons. The fourth-order valence-electron chi connectivity index (χ4n) is 2.43. The predicted molar refractivity (Wildman–Crippen MR) is 98.9 cm³/mol. The van der Waals surface area contributed by atoms with Crippen molar-refractivity contribution in [2.24, 2.45) is 0 Å². The Morgan fingerprint density at radius 2 is 1.77 bits per heavy atom. The minimum absolute atomic E-state index is 0.0355. The van der Waals surface area contributed by atoms with Crippen molar-refractivity contribution >= 4 is 16.0 Å². The molecule has 0 saturated heterocycles. The van der Waals surface area contributed by atoms with Crippen molar-refractivity contribution in [3.05, 3.63) is 58.7 Å². The second-order valence-corrected chi connectivity index (χ2v) is 8.31. The van der Waals surface area contributed by atoms with E-state index in [9.17, 15) is 13.2 Å². The van der Waals surface area contributed by atoms with Gasteiger partial charge in [0.2, 0.25) is 10.0 Å². The van der Waals surface area contributed by atoms with Gasteiger partial charge in [-0.15, -0.1) is 0 Å². The molecule has 2 aromatic carbocycles. The highest BCUT2D eigenvalue weighted by atomic mass is 32.2. The Hall–Kier alpha value is -2.38. The summed E-state index contributed by atoms with van der Waals surface area (Å²) in [6.45, 7) is 3.70. The molecule has 0 aromatic heterocycles. The largest absolute Gasteiger partial charge is 0.496 e. The second kappa shape index (κ2) is 7.88. The van der Waals surface area contributed by atoms with Crippen LogP contribution in [0.3, 0.4) is 0 Å². The lowest BCUT2D eigenvalue weighted by atomic mass is 10.1. The van der Waals surface area contributed by atoms with E-state index in [2.05, 4.69) is 0 Å². The van der Waals surface area contributed by atoms with Gasteiger partial charge in [0.1, 0.15) is 12.4 Å². The highest BCUT2D eigenvalue weighted by Crippen LogP contribution is 2.22. The van der Waals surface area contributed by atoms with Crippen molar-refractivity contribution in [2.75, 3.05) is 21.2 Å². The van der Waals surface area contributed by atoms with E-state index in [-0.39, 0.29) is 17.1 Å². The molecule has 0 bridgehead atoms. The van der Waals surface area contributed by atoms with Crippen molar-refractivity contribution in [3.8, 4) is 5.75 Å². The summed E-state index contributed by atoms with van der Waals surface area (Å²) in [7, 11) is 0.807. The molecule has 140 valence electrons. The van der Waals surface area contributed by atoms with Crippen LogP contribution < -0.4 is 4.74 Å². The first-order valence-corrected chi connectivity index (χ1v) is 9.44. The Kier molecular flexibility index (Phi) is 6.05. The van der Waals surface area contributed by atoms with Gasteiger partial charge in [0, 0.05) is 19.7 Å². The van der Waals surface area contributed by atoms with E-state index in [1.807, 2.05) is 25.1 Å². The SMILES string of the molecule is COc1ccc(C)cc1COC(=O)c1cc(S(=O)(=O)N(C)C)ccc1C. The maximum atomic E-state index is 12.5. The zero-order valence-corrected chi connectivity index (χ0v) is 16.4. The van der Waals surface area contributed by atoms with Crippen molar-refractivity contribution in [2.45, 2.75) is 25.3 Å². The Morgan fingerprint density at radius 3 is 2.38 bits per heavy atom. The van der Waals surface area contributed by atoms with Crippen molar-refractivity contribution in [1.29, 1.82) is 0 Å². The van der Waals surface area contributed by atoms with Gasteiger partial charge in [-0.05, 0) is 43.7 Å². The summed E-state index contributed by atoms with van der Waals surface area (Å²) in [6, 6.07) is 10.0. The molecular weight excluding hydrogens is 354 g/mol. The summed E-state index contributed by atoms with van der Waals surface area (Å²) in [4.78, 5) is 12.6. The van der Waals surface area contributed by atoms with E-state index < -0.39 is 16.0 Å². The number of hydrogen-bond acceptors (Lipinski definition) is 5. The number of sulfonamides is 1. The second-order valence-electron chi connectivity index (χ2n) is 6.16. The topological polar surface area (TPSA) is 72.9 Å². The molecule has 26 heavy (non-hydrogen) atoms. The number of methoxy groups -OCH3 is 1. The fourth-order valence-corrected chi connectivity index (χ4v) is 3.36. The van der Waals surface area contributed by atoms with Crippen molar-refractivity contribution in [1.82, 2.24) is 4.31 Å². The van der Waals surface area contributed by atoms with E-state index in [0.717, 1.165) is 15.4 Å². The molecule has 6 nitrogen and oxygen atoms in total. The van der Waals surface area contributed by atoms with E-state index >= 15 is 0 Å². The van der Waals surface area contributed by atoms with Crippen LogP contribution in [0, 0.1) is 13.8 Å². The monoisotopic (exact) mass is 377 g/mol. The lowest BCUT2D eigenvalue weighted by molar-refractivity contribution is 0.0469. The summed E-state index contributed by atoms with van der Waals surface area (Å²) in [6.07, 6.45) is 0. The van der Waals surface area contributed by atoms with Crippen LogP contribution in [0.1, 0.15) is 27.0 Å². The number of nitrogens with zero attached hydrogens (tertiary/aromatic N) is 1. The molecule has 2 aromatic rings. The van der Waals surface area contributed by atoms with Gasteiger partial charge in [0.15, 0.2) is 0 Å². The average molecular weight is 377 g/mol. The van der Waals surface area contributed by atoms with Crippen LogP contribution in [-0.4, -0.2) is 39.9 Å². The predicted octanol–water partition coefficient (Wildman–Crippen LogP) is 2.92. The summed E-state index contributed by atoms with van der Waals surface area (Å²) in [5.74, 6) is 0.0472. The molecule has 0 saturated carbocycles. The quantitative estimate of drug-likeness (QED) is 0.724. The van der Waals surface area contributed by atoms with Crippen LogP contribution in [0.25, 0.3) is 0 Å². The zero-order valence-electron chi connectivity index (χ0n) is 15.6. The molecule has 0 aliphatic carbocycles. The first kappa shape index (κ1) is 19.9. The molecule has 0 atom stereocenters. The number of esters is 1. The van der Waals surface area contributed by atoms with Gasteiger partial charge in [-0.2, -0.15) is 0 Å². The molecule has 0 fully saturated rings. The Labute approximate surface area is 154 Å². The van der Waals surface area contributed by atoms with Crippen molar-refractivity contribution < 1.29 is 22.7 Å². The molecule has 7 heteroatoms. The average Bonchev–Trinajstić information content (AvgIpc) is 2.59. The highest BCUT2D eigenvalue weighted by Gasteiger charge is 2.21. The third-order valence-corrected chi connectivity index (χ3v) is 5.81. The van der Waals surface area contributed by atoms with Crippen LogP contribution in [0.2, 0.25) is 0 Å². The fraction of sp³-hybridized carbons (Fsp3) is 0.316. The Balaban J connectivity index is 2.27. The van der Waals surface area contributed by atoms with E-state index in [4.69, 9.17) is 9.47 Å². The molecular formula is C19H23NO5S. The molecule has 0 heterocycles. The molecule has 0 aliphatic heterocycles. The molecule has 0 N–H and O–H groups in total. The minimum atomic E-state index is -3.63. The van der Waals surface area contributed by atoms with Crippen LogP contribution >= 0.6 is 0 Å². The molecule has 2 rings (SSSR count). The normalized spacial score (nSPS) is 11.5. The van der Waals surface area contributed by atoms with Crippen LogP contribution in [0.15, 0.2) is 41.3 Å². The summed E-state index contributed by atoms with van der Waals surface area (Å²) in [5.41, 5.74) is 2.63. The zero-order chi connectivity index (χ0) is 19.5. The first-order chi connectivity index (χ1) is 12.2. The van der Waals surface area contributed by atoms with Gasteiger partial charge < -0.3 is 9.47 Å². The summed E-state index contributed by atoms with van der Waals surface area (Å²) >= 11 is 0. The number of rotatable bonds is 6. The minimum Gasteiger partial charge on any atom is -0.496 e. The summed E-state index contributed by atoms with van der Waals surface area (Å²) < 4.78 is 36.3. The van der Waals surface area contributed by atoms with E-state index in [1.54, 1.807) is 20.1 Å². The van der Waals surface area contributed by atoms with Crippen LogP contribution in [-0.2, 0) is 21.4 Å². The Bertz CT molecular complexity index is 920. The number of ether oxygens (including phenoxy) is 2. The Morgan fingerprint density at radius 1 is 1.08 bits per heavy atom. The lowest BCUT2D eigenvalue weighted by Crippen LogP contribution is -2.22. The van der Waals surface area contributed by atoms with Gasteiger partial charge in [-0.25, -0.2) is 17.5 Å². The molecule has 0 aliphatic rings. The van der Waals surface area contributed by atoms with Crippen LogP contribution in [0.4, 0.5) is 0 Å². The number of carbonyl (C=O) groups is 1. The van der Waals surface area contributed by atoms with Crippen molar-refractivity contribution in [3.63, 3.8) is 0 Å².